The van der Waals surface area contributed by atoms with Crippen LogP contribution in [0.25, 0.3) is 0 Å². The van der Waals surface area contributed by atoms with Gasteiger partial charge in [0.25, 0.3) is 11.8 Å². The summed E-state index contributed by atoms with van der Waals surface area (Å²) >= 11 is 11.7. The van der Waals surface area contributed by atoms with Gasteiger partial charge in [-0.25, -0.2) is 0 Å². The quantitative estimate of drug-likeness (QED) is 0.791. The molecule has 7 heteroatoms. The Balaban J connectivity index is 1.95. The number of hydrazine groups is 1. The molecule has 25 heavy (non-hydrogen) atoms. The molecule has 1 unspecified atom stereocenters. The molecule has 5 nitrogen and oxygen atoms in total. The van der Waals surface area contributed by atoms with Crippen molar-refractivity contribution in [2.75, 3.05) is 0 Å². The highest BCUT2D eigenvalue weighted by molar-refractivity contribution is 6.36. The predicted molar refractivity (Wildman–Crippen MR) is 98.1 cm³/mol. The van der Waals surface area contributed by atoms with E-state index in [0.717, 1.165) is 11.1 Å². The summed E-state index contributed by atoms with van der Waals surface area (Å²) in [4.78, 5) is 24.2. The molecular weight excluding hydrogens is 363 g/mol. The molecule has 0 saturated carbocycles. The smallest absolute Gasteiger partial charge is 0.279 e. The molecular formula is C18H18Cl2N2O3. The van der Waals surface area contributed by atoms with Gasteiger partial charge in [0.15, 0.2) is 6.10 Å². The molecule has 0 bridgehead atoms. The Labute approximate surface area is 156 Å². The molecule has 0 aliphatic rings. The number of ether oxygens (including phenoxy) is 1. The Morgan fingerprint density at radius 2 is 1.76 bits per heavy atom. The van der Waals surface area contributed by atoms with E-state index in [1.54, 1.807) is 6.92 Å². The second-order valence-electron chi connectivity index (χ2n) is 5.60. The summed E-state index contributed by atoms with van der Waals surface area (Å²) in [5.41, 5.74) is 6.78. The molecule has 2 aromatic carbocycles. The number of aryl methyl sites for hydroxylation is 2. The van der Waals surface area contributed by atoms with Gasteiger partial charge in [-0.2, -0.15) is 0 Å². The van der Waals surface area contributed by atoms with Crippen molar-refractivity contribution in [1.29, 1.82) is 0 Å². The maximum absolute atomic E-state index is 12.1. The molecule has 2 aromatic rings. The molecule has 2 N–H and O–H groups in total. The van der Waals surface area contributed by atoms with Gasteiger partial charge >= 0.3 is 0 Å². The standard InChI is InChI=1S/C18H18Cl2N2O3/c1-10-4-5-11(2)16(8-10)25-12(3)17(23)21-22-18(24)14-7-6-13(19)9-15(14)20/h4-9,12H,1-3H3,(H,21,23)(H,22,24). The minimum atomic E-state index is -0.790. The largest absolute Gasteiger partial charge is 0.481 e. The van der Waals surface area contributed by atoms with Crippen molar-refractivity contribution in [3.05, 3.63) is 63.1 Å². The minimum Gasteiger partial charge on any atom is -0.481 e. The molecule has 0 aromatic heterocycles. The van der Waals surface area contributed by atoms with Crippen molar-refractivity contribution in [2.24, 2.45) is 0 Å². The van der Waals surface area contributed by atoms with Crippen LogP contribution in [0.3, 0.4) is 0 Å². The van der Waals surface area contributed by atoms with Gasteiger partial charge in [0.2, 0.25) is 0 Å². The van der Waals surface area contributed by atoms with Crippen LogP contribution in [0.15, 0.2) is 36.4 Å². The summed E-state index contributed by atoms with van der Waals surface area (Å²) in [6, 6.07) is 10.2. The van der Waals surface area contributed by atoms with Gasteiger partial charge in [-0.3, -0.25) is 20.4 Å². The first-order chi connectivity index (χ1) is 11.8. The second-order valence-corrected chi connectivity index (χ2v) is 6.44. The number of rotatable bonds is 4. The van der Waals surface area contributed by atoms with Crippen LogP contribution in [0.2, 0.25) is 10.0 Å². The average Bonchev–Trinajstić information content (AvgIpc) is 2.55. The van der Waals surface area contributed by atoms with Gasteiger partial charge in [-0.15, -0.1) is 0 Å². The van der Waals surface area contributed by atoms with E-state index in [0.29, 0.717) is 10.8 Å². The van der Waals surface area contributed by atoms with Gasteiger partial charge in [0.05, 0.1) is 10.6 Å². The number of benzene rings is 2. The first kappa shape index (κ1) is 19.1. The molecule has 0 radical (unpaired) electrons. The number of hydrogen-bond donors (Lipinski definition) is 2. The predicted octanol–water partition coefficient (Wildman–Crippen LogP) is 3.84. The summed E-state index contributed by atoms with van der Waals surface area (Å²) in [7, 11) is 0. The van der Waals surface area contributed by atoms with Crippen molar-refractivity contribution in [3.63, 3.8) is 0 Å². The number of carbonyl (C=O) groups excluding carboxylic acids is 2. The lowest BCUT2D eigenvalue weighted by Gasteiger charge is -2.17. The van der Waals surface area contributed by atoms with Crippen molar-refractivity contribution in [1.82, 2.24) is 10.9 Å². The molecule has 0 saturated heterocycles. The van der Waals surface area contributed by atoms with Crippen LogP contribution in [-0.2, 0) is 4.79 Å². The maximum Gasteiger partial charge on any atom is 0.279 e. The third-order valence-corrected chi connectivity index (χ3v) is 4.04. The van der Waals surface area contributed by atoms with E-state index in [1.165, 1.54) is 18.2 Å². The van der Waals surface area contributed by atoms with Crippen molar-refractivity contribution < 1.29 is 14.3 Å². The Kier molecular flexibility index (Phi) is 6.28. The van der Waals surface area contributed by atoms with E-state index in [2.05, 4.69) is 10.9 Å². The number of nitrogens with one attached hydrogen (secondary N) is 2. The van der Waals surface area contributed by atoms with Gasteiger partial charge in [0.1, 0.15) is 5.75 Å². The molecule has 132 valence electrons. The molecule has 0 aliphatic heterocycles. The van der Waals surface area contributed by atoms with E-state index in [9.17, 15) is 9.59 Å². The van der Waals surface area contributed by atoms with Crippen LogP contribution < -0.4 is 15.6 Å². The van der Waals surface area contributed by atoms with Crippen LogP contribution >= 0.6 is 23.2 Å². The zero-order chi connectivity index (χ0) is 18.6. The molecule has 0 aliphatic carbocycles. The highest BCUT2D eigenvalue weighted by Gasteiger charge is 2.18. The van der Waals surface area contributed by atoms with Gasteiger partial charge < -0.3 is 4.74 Å². The third-order valence-electron chi connectivity index (χ3n) is 3.49. The van der Waals surface area contributed by atoms with E-state index in [4.69, 9.17) is 27.9 Å². The summed E-state index contributed by atoms with van der Waals surface area (Å²) in [5.74, 6) is -0.414. The highest BCUT2D eigenvalue weighted by Crippen LogP contribution is 2.21. The zero-order valence-electron chi connectivity index (χ0n) is 14.0. The molecule has 2 rings (SSSR count). The van der Waals surface area contributed by atoms with Crippen LogP contribution in [0.4, 0.5) is 0 Å². The monoisotopic (exact) mass is 380 g/mol. The van der Waals surface area contributed by atoms with E-state index < -0.39 is 17.9 Å². The van der Waals surface area contributed by atoms with Crippen LogP contribution in [0.1, 0.15) is 28.4 Å². The summed E-state index contributed by atoms with van der Waals surface area (Å²) < 4.78 is 5.66. The Morgan fingerprint density at radius 3 is 2.44 bits per heavy atom. The molecule has 0 spiro atoms. The fourth-order valence-corrected chi connectivity index (χ4v) is 2.53. The van der Waals surface area contributed by atoms with E-state index in [-0.39, 0.29) is 10.6 Å². The minimum absolute atomic E-state index is 0.193. The molecule has 2 amide bonds. The lowest BCUT2D eigenvalue weighted by atomic mass is 10.1. The molecule has 1 atom stereocenters. The Morgan fingerprint density at radius 1 is 1.04 bits per heavy atom. The van der Waals surface area contributed by atoms with Crippen LogP contribution in [0.5, 0.6) is 5.75 Å². The second kappa shape index (κ2) is 8.23. The highest BCUT2D eigenvalue weighted by atomic mass is 35.5. The van der Waals surface area contributed by atoms with E-state index >= 15 is 0 Å². The average molecular weight is 381 g/mol. The van der Waals surface area contributed by atoms with Crippen molar-refractivity contribution >= 4 is 35.0 Å². The Bertz CT molecular complexity index is 809. The number of carbonyl (C=O) groups is 2. The lowest BCUT2D eigenvalue weighted by Crippen LogP contribution is -2.47. The fraction of sp³-hybridized carbons (Fsp3) is 0.222. The van der Waals surface area contributed by atoms with Gasteiger partial charge in [0, 0.05) is 5.02 Å². The van der Waals surface area contributed by atoms with Crippen molar-refractivity contribution in [2.45, 2.75) is 26.9 Å². The van der Waals surface area contributed by atoms with Crippen molar-refractivity contribution in [3.8, 4) is 5.75 Å². The first-order valence-corrected chi connectivity index (χ1v) is 8.32. The molecule has 0 heterocycles. The molecule has 0 fully saturated rings. The lowest BCUT2D eigenvalue weighted by molar-refractivity contribution is -0.128. The van der Waals surface area contributed by atoms with E-state index in [1.807, 2.05) is 32.0 Å². The van der Waals surface area contributed by atoms with Crippen LogP contribution in [-0.4, -0.2) is 17.9 Å². The normalized spacial score (nSPS) is 11.6. The Hall–Kier alpha value is -2.24. The maximum atomic E-state index is 12.1. The zero-order valence-corrected chi connectivity index (χ0v) is 15.5. The third kappa shape index (κ3) is 5.11. The SMILES string of the molecule is Cc1ccc(C)c(OC(C)C(=O)NNC(=O)c2ccc(Cl)cc2Cl)c1. The summed E-state index contributed by atoms with van der Waals surface area (Å²) in [5, 5.41) is 0.611. The first-order valence-electron chi connectivity index (χ1n) is 7.57. The number of halogens is 2. The topological polar surface area (TPSA) is 67.4 Å². The van der Waals surface area contributed by atoms with Gasteiger partial charge in [-0.05, 0) is 56.2 Å². The number of amides is 2. The summed E-state index contributed by atoms with van der Waals surface area (Å²) in [6.45, 7) is 5.43. The summed E-state index contributed by atoms with van der Waals surface area (Å²) in [6.07, 6.45) is -0.790. The van der Waals surface area contributed by atoms with Gasteiger partial charge in [-0.1, -0.05) is 35.3 Å². The van der Waals surface area contributed by atoms with Crippen LogP contribution in [0, 0.1) is 13.8 Å². The number of hydrogen-bond acceptors (Lipinski definition) is 3. The fourth-order valence-electron chi connectivity index (χ4n) is 2.04.